The van der Waals surface area contributed by atoms with Crippen molar-refractivity contribution >= 4 is 26.9 Å². The Labute approximate surface area is 174 Å². The van der Waals surface area contributed by atoms with Crippen molar-refractivity contribution < 1.29 is 8.42 Å². The van der Waals surface area contributed by atoms with Crippen LogP contribution in [0.15, 0.2) is 29.4 Å². The van der Waals surface area contributed by atoms with Crippen LogP contribution >= 0.6 is 0 Å². The fraction of sp³-hybridized carbons (Fsp3) is 0.571. The molecule has 8 heteroatoms. The van der Waals surface area contributed by atoms with Crippen molar-refractivity contribution in [1.29, 1.82) is 0 Å². The number of sulfonamides is 1. The zero-order valence-corrected chi connectivity index (χ0v) is 18.5. The number of aromatic nitrogens is 1. The summed E-state index contributed by atoms with van der Waals surface area (Å²) in [5.74, 6) is 1.01. The molecule has 7 nitrogen and oxygen atoms in total. The van der Waals surface area contributed by atoms with Gasteiger partial charge < -0.3 is 15.6 Å². The number of nitrogens with one attached hydrogen (secondary N) is 3. The van der Waals surface area contributed by atoms with Gasteiger partial charge in [-0.25, -0.2) is 12.7 Å². The molecule has 1 aliphatic heterocycles. The van der Waals surface area contributed by atoms with Crippen LogP contribution < -0.4 is 10.6 Å². The van der Waals surface area contributed by atoms with E-state index < -0.39 is 10.0 Å². The molecular formula is C21H33N5O2S. The third kappa shape index (κ3) is 5.30. The van der Waals surface area contributed by atoms with Crippen LogP contribution in [0.25, 0.3) is 10.9 Å². The van der Waals surface area contributed by atoms with Gasteiger partial charge in [0.1, 0.15) is 0 Å². The highest BCUT2D eigenvalue weighted by Crippen LogP contribution is 2.21. The average Bonchev–Trinajstić information content (AvgIpc) is 3.12. The molecule has 1 saturated heterocycles. The summed E-state index contributed by atoms with van der Waals surface area (Å²) in [6, 6.07) is 6.60. The van der Waals surface area contributed by atoms with Crippen LogP contribution in [0.3, 0.4) is 0 Å². The van der Waals surface area contributed by atoms with E-state index in [2.05, 4.69) is 51.9 Å². The number of para-hydroxylation sites is 1. The Morgan fingerprint density at radius 2 is 2.07 bits per heavy atom. The van der Waals surface area contributed by atoms with E-state index in [1.54, 1.807) is 11.4 Å². The number of guanidine groups is 1. The molecule has 3 rings (SSSR count). The molecule has 0 unspecified atom stereocenters. The number of rotatable bonds is 7. The summed E-state index contributed by atoms with van der Waals surface area (Å²) in [6.45, 7) is 5.95. The first-order chi connectivity index (χ1) is 13.9. The summed E-state index contributed by atoms with van der Waals surface area (Å²) < 4.78 is 26.0. The lowest BCUT2D eigenvalue weighted by molar-refractivity contribution is 0.306. The van der Waals surface area contributed by atoms with Gasteiger partial charge in [-0.15, -0.1) is 0 Å². The van der Waals surface area contributed by atoms with Crippen molar-refractivity contribution in [2.75, 3.05) is 32.4 Å². The molecule has 0 bridgehead atoms. The number of aliphatic imine (C=N–C) groups is 1. The molecule has 0 saturated carbocycles. The van der Waals surface area contributed by atoms with Crippen LogP contribution in [0.2, 0.25) is 0 Å². The van der Waals surface area contributed by atoms with E-state index in [1.807, 2.05) is 6.92 Å². The molecule has 0 atom stereocenters. The zero-order chi connectivity index (χ0) is 20.9. The molecule has 0 aliphatic carbocycles. The van der Waals surface area contributed by atoms with Gasteiger partial charge in [-0.2, -0.15) is 0 Å². The quantitative estimate of drug-likeness (QED) is 0.475. The van der Waals surface area contributed by atoms with Crippen LogP contribution in [0, 0.1) is 6.92 Å². The lowest BCUT2D eigenvalue weighted by atomic mass is 10.1. The molecule has 2 aromatic rings. The summed E-state index contributed by atoms with van der Waals surface area (Å²) in [6.07, 6.45) is 5.24. The summed E-state index contributed by atoms with van der Waals surface area (Å²) in [5.41, 5.74) is 3.75. The van der Waals surface area contributed by atoms with Crippen LogP contribution in [-0.2, 0) is 16.4 Å². The highest BCUT2D eigenvalue weighted by Gasteiger charge is 2.27. The minimum atomic E-state index is -3.09. The fourth-order valence-corrected chi connectivity index (χ4v) is 5.48. The van der Waals surface area contributed by atoms with Crippen molar-refractivity contribution in [3.8, 4) is 0 Å². The van der Waals surface area contributed by atoms with Crippen molar-refractivity contribution in [1.82, 2.24) is 19.9 Å². The van der Waals surface area contributed by atoms with Gasteiger partial charge in [-0.05, 0) is 43.7 Å². The van der Waals surface area contributed by atoms with Gasteiger partial charge in [0.25, 0.3) is 0 Å². The van der Waals surface area contributed by atoms with Gasteiger partial charge in [0.15, 0.2) is 5.96 Å². The topological polar surface area (TPSA) is 89.6 Å². The maximum Gasteiger partial charge on any atom is 0.214 e. The molecule has 0 radical (unpaired) electrons. The van der Waals surface area contributed by atoms with Gasteiger partial charge in [-0.3, -0.25) is 4.99 Å². The highest BCUT2D eigenvalue weighted by molar-refractivity contribution is 7.89. The van der Waals surface area contributed by atoms with E-state index in [4.69, 9.17) is 0 Å². The number of nitrogens with zero attached hydrogens (tertiary/aromatic N) is 2. The Morgan fingerprint density at radius 1 is 1.31 bits per heavy atom. The lowest BCUT2D eigenvalue weighted by Gasteiger charge is -2.32. The number of aromatic amines is 1. The van der Waals surface area contributed by atoms with Crippen LogP contribution in [0.4, 0.5) is 0 Å². The largest absolute Gasteiger partial charge is 0.361 e. The van der Waals surface area contributed by atoms with E-state index in [-0.39, 0.29) is 11.8 Å². The van der Waals surface area contributed by atoms with Crippen molar-refractivity contribution in [3.63, 3.8) is 0 Å². The normalized spacial score (nSPS) is 17.0. The maximum atomic E-state index is 12.2. The van der Waals surface area contributed by atoms with Gasteiger partial charge >= 0.3 is 0 Å². The Kier molecular flexibility index (Phi) is 7.18. The first-order valence-electron chi connectivity index (χ1n) is 10.4. The molecule has 1 aliphatic rings. The molecular weight excluding hydrogens is 386 g/mol. The molecule has 1 fully saturated rings. The lowest BCUT2D eigenvalue weighted by Crippen LogP contribution is -2.50. The first-order valence-corrected chi connectivity index (χ1v) is 12.1. The smallest absolute Gasteiger partial charge is 0.214 e. The number of benzene rings is 1. The van der Waals surface area contributed by atoms with Crippen molar-refractivity contribution in [3.05, 3.63) is 35.5 Å². The van der Waals surface area contributed by atoms with Gasteiger partial charge in [0.2, 0.25) is 10.0 Å². The first kappa shape index (κ1) is 21.6. The van der Waals surface area contributed by atoms with E-state index in [0.29, 0.717) is 19.5 Å². The summed E-state index contributed by atoms with van der Waals surface area (Å²) in [4.78, 5) is 7.70. The number of piperidine rings is 1. The Hall–Kier alpha value is -2.06. The molecule has 1 aromatic heterocycles. The van der Waals surface area contributed by atoms with Gasteiger partial charge in [0.05, 0.1) is 5.75 Å². The standard InChI is InChI=1S/C21H33N5O2S/c1-4-14-29(27,28)26-12-9-18(10-13-26)25-21(22-3)23-11-8-17-15-24-20-16(2)6-5-7-19(17)20/h5-7,15,18,24H,4,8-14H2,1-3H3,(H2,22,23,25). The van der Waals surface area contributed by atoms with Crippen LogP contribution in [-0.4, -0.2) is 62.1 Å². The molecule has 3 N–H and O–H groups in total. The maximum absolute atomic E-state index is 12.2. The number of aryl methyl sites for hydroxylation is 1. The molecule has 160 valence electrons. The molecule has 0 amide bonds. The second-order valence-electron chi connectivity index (χ2n) is 7.69. The van der Waals surface area contributed by atoms with E-state index in [9.17, 15) is 8.42 Å². The number of hydrogen-bond donors (Lipinski definition) is 3. The zero-order valence-electron chi connectivity index (χ0n) is 17.7. The third-order valence-electron chi connectivity index (χ3n) is 5.57. The van der Waals surface area contributed by atoms with Gasteiger partial charge in [0, 0.05) is 49.8 Å². The summed E-state index contributed by atoms with van der Waals surface area (Å²) in [7, 11) is -1.33. The molecule has 1 aromatic carbocycles. The van der Waals surface area contributed by atoms with Crippen LogP contribution in [0.1, 0.15) is 37.3 Å². The predicted molar refractivity (Wildman–Crippen MR) is 120 cm³/mol. The van der Waals surface area contributed by atoms with Gasteiger partial charge in [-0.1, -0.05) is 25.1 Å². The van der Waals surface area contributed by atoms with Crippen LogP contribution in [0.5, 0.6) is 0 Å². The number of H-pyrrole nitrogens is 1. The Balaban J connectivity index is 1.47. The molecule has 0 spiro atoms. The fourth-order valence-electron chi connectivity index (χ4n) is 3.94. The van der Waals surface area contributed by atoms with Crippen molar-refractivity contribution in [2.24, 2.45) is 4.99 Å². The SMILES string of the molecule is CCCS(=O)(=O)N1CCC(NC(=NC)NCCc2c[nH]c3c(C)cccc23)CC1. The van der Waals surface area contributed by atoms with E-state index in [1.165, 1.54) is 22.0 Å². The molecule has 29 heavy (non-hydrogen) atoms. The predicted octanol–water partition coefficient (Wildman–Crippen LogP) is 2.39. The monoisotopic (exact) mass is 419 g/mol. The summed E-state index contributed by atoms with van der Waals surface area (Å²) >= 11 is 0. The highest BCUT2D eigenvalue weighted by atomic mass is 32.2. The minimum absolute atomic E-state index is 0.238. The van der Waals surface area contributed by atoms with E-state index in [0.717, 1.165) is 31.8 Å². The Morgan fingerprint density at radius 3 is 2.76 bits per heavy atom. The third-order valence-corrected chi connectivity index (χ3v) is 7.65. The second-order valence-corrected chi connectivity index (χ2v) is 9.78. The van der Waals surface area contributed by atoms with Crippen molar-refractivity contribution in [2.45, 2.75) is 45.6 Å². The average molecular weight is 420 g/mol. The number of fused-ring (bicyclic) bond motifs is 1. The Bertz CT molecular complexity index is 943. The minimum Gasteiger partial charge on any atom is -0.361 e. The van der Waals surface area contributed by atoms with E-state index >= 15 is 0 Å². The molecule has 2 heterocycles. The second kappa shape index (κ2) is 9.63. The number of hydrogen-bond acceptors (Lipinski definition) is 3. The summed E-state index contributed by atoms with van der Waals surface area (Å²) in [5, 5.41) is 8.11.